The molecule has 0 radical (unpaired) electrons. The molecule has 4 aromatic heterocycles. The molecular weight excluding hydrogens is 402 g/mol. The zero-order valence-corrected chi connectivity index (χ0v) is 17.5. The molecule has 1 atom stereocenters. The number of amides is 1. The molecule has 0 aliphatic carbocycles. The second-order valence-corrected chi connectivity index (χ2v) is 7.00. The summed E-state index contributed by atoms with van der Waals surface area (Å²) >= 11 is 0. The largest absolute Gasteiger partial charge is 0.464 e. The maximum absolute atomic E-state index is 13.1. The summed E-state index contributed by atoms with van der Waals surface area (Å²) in [6.07, 6.45) is 6.48. The van der Waals surface area contributed by atoms with Gasteiger partial charge in [0.2, 0.25) is 0 Å². The van der Waals surface area contributed by atoms with Crippen LogP contribution < -0.4 is 5.32 Å². The third-order valence-corrected chi connectivity index (χ3v) is 4.75. The number of nitrogens with zero attached hydrogens (tertiary/aromatic N) is 6. The Bertz CT molecular complexity index is 1270. The van der Waals surface area contributed by atoms with Crippen molar-refractivity contribution < 1.29 is 18.8 Å². The molecule has 0 aromatic carbocycles. The molecule has 160 valence electrons. The number of carbonyl (C=O) groups is 2. The standard InChI is InChI=1S/C20H21N7O4/c1-5-30-20(29)12(3)27-10-14(8-22-27)23-18(28)15-6-16(13-7-21-26(4)9-13)24-19-17(15)11(2)25-31-19/h6-10,12H,5H2,1-4H3,(H,23,28). The highest BCUT2D eigenvalue weighted by Gasteiger charge is 2.21. The highest BCUT2D eigenvalue weighted by molar-refractivity contribution is 6.12. The third-order valence-electron chi connectivity index (χ3n) is 4.75. The molecule has 0 spiro atoms. The van der Waals surface area contributed by atoms with Crippen LogP contribution in [0.15, 0.2) is 35.4 Å². The van der Waals surface area contributed by atoms with E-state index in [9.17, 15) is 9.59 Å². The van der Waals surface area contributed by atoms with Crippen LogP contribution in [0, 0.1) is 6.92 Å². The van der Waals surface area contributed by atoms with Crippen molar-refractivity contribution in [3.8, 4) is 11.3 Å². The SMILES string of the molecule is CCOC(=O)C(C)n1cc(NC(=O)c2cc(-c3cnn(C)c3)nc3onc(C)c23)cn1. The lowest BCUT2D eigenvalue weighted by molar-refractivity contribution is -0.146. The van der Waals surface area contributed by atoms with E-state index >= 15 is 0 Å². The van der Waals surface area contributed by atoms with E-state index in [2.05, 4.69) is 25.7 Å². The number of nitrogens with one attached hydrogen (secondary N) is 1. The molecule has 0 saturated carbocycles. The predicted octanol–water partition coefficient (Wildman–Crippen LogP) is 2.50. The van der Waals surface area contributed by atoms with Crippen molar-refractivity contribution in [3.63, 3.8) is 0 Å². The molecule has 11 heteroatoms. The number of rotatable bonds is 6. The van der Waals surface area contributed by atoms with Crippen molar-refractivity contribution in [1.82, 2.24) is 29.7 Å². The fraction of sp³-hybridized carbons (Fsp3) is 0.300. The van der Waals surface area contributed by atoms with E-state index < -0.39 is 12.0 Å². The maximum Gasteiger partial charge on any atom is 0.330 e. The molecule has 11 nitrogen and oxygen atoms in total. The van der Waals surface area contributed by atoms with Gasteiger partial charge in [0.05, 0.1) is 47.0 Å². The van der Waals surface area contributed by atoms with Gasteiger partial charge in [-0.2, -0.15) is 10.2 Å². The highest BCUT2D eigenvalue weighted by atomic mass is 16.5. The van der Waals surface area contributed by atoms with Crippen molar-refractivity contribution in [2.45, 2.75) is 26.8 Å². The molecule has 1 unspecified atom stereocenters. The summed E-state index contributed by atoms with van der Waals surface area (Å²) in [6.45, 7) is 5.43. The molecule has 0 aliphatic rings. The average Bonchev–Trinajstić information content (AvgIpc) is 3.48. The summed E-state index contributed by atoms with van der Waals surface area (Å²) in [4.78, 5) is 29.5. The van der Waals surface area contributed by atoms with E-state index in [-0.39, 0.29) is 18.2 Å². The van der Waals surface area contributed by atoms with Crippen molar-refractivity contribution in [1.29, 1.82) is 0 Å². The zero-order chi connectivity index (χ0) is 22.1. The molecule has 4 rings (SSSR count). The number of pyridine rings is 1. The number of esters is 1. The zero-order valence-electron chi connectivity index (χ0n) is 17.5. The average molecular weight is 423 g/mol. The van der Waals surface area contributed by atoms with Crippen LogP contribution in [0.2, 0.25) is 0 Å². The number of ether oxygens (including phenoxy) is 1. The van der Waals surface area contributed by atoms with Crippen molar-refractivity contribution in [3.05, 3.63) is 42.1 Å². The van der Waals surface area contributed by atoms with Gasteiger partial charge < -0.3 is 14.6 Å². The Morgan fingerprint density at radius 3 is 2.77 bits per heavy atom. The summed E-state index contributed by atoms with van der Waals surface area (Å²) in [5, 5.41) is 15.6. The van der Waals surface area contributed by atoms with Crippen LogP contribution in [0.5, 0.6) is 0 Å². The van der Waals surface area contributed by atoms with E-state index in [1.165, 1.54) is 10.9 Å². The predicted molar refractivity (Wildman–Crippen MR) is 110 cm³/mol. The monoisotopic (exact) mass is 423 g/mol. The maximum atomic E-state index is 13.1. The molecule has 0 bridgehead atoms. The van der Waals surface area contributed by atoms with Gasteiger partial charge in [-0.05, 0) is 26.8 Å². The number of hydrogen-bond donors (Lipinski definition) is 1. The summed E-state index contributed by atoms with van der Waals surface area (Å²) in [6, 6.07) is 1.06. The fourth-order valence-electron chi connectivity index (χ4n) is 3.16. The minimum Gasteiger partial charge on any atom is -0.464 e. The lowest BCUT2D eigenvalue weighted by Crippen LogP contribution is -2.19. The van der Waals surface area contributed by atoms with Gasteiger partial charge in [0.1, 0.15) is 6.04 Å². The Morgan fingerprint density at radius 1 is 1.26 bits per heavy atom. The molecule has 1 amide bonds. The number of anilines is 1. The van der Waals surface area contributed by atoms with Crippen LogP contribution >= 0.6 is 0 Å². The van der Waals surface area contributed by atoms with Gasteiger partial charge >= 0.3 is 5.97 Å². The van der Waals surface area contributed by atoms with Gasteiger partial charge in [-0.25, -0.2) is 9.78 Å². The van der Waals surface area contributed by atoms with Gasteiger partial charge in [0.15, 0.2) is 0 Å². The molecular formula is C20H21N7O4. The number of hydrogen-bond acceptors (Lipinski definition) is 8. The first-order valence-electron chi connectivity index (χ1n) is 9.65. The normalized spacial score (nSPS) is 12.1. The van der Waals surface area contributed by atoms with E-state index in [0.29, 0.717) is 28.0 Å². The minimum absolute atomic E-state index is 0.260. The second kappa shape index (κ2) is 8.01. The summed E-state index contributed by atoms with van der Waals surface area (Å²) in [5.74, 6) is -0.785. The molecule has 1 N–H and O–H groups in total. The minimum atomic E-state index is -0.615. The Balaban J connectivity index is 1.65. The van der Waals surface area contributed by atoms with Crippen molar-refractivity contribution >= 4 is 28.7 Å². The quantitative estimate of drug-likeness (QED) is 0.468. The van der Waals surface area contributed by atoms with E-state index in [1.54, 1.807) is 57.2 Å². The van der Waals surface area contributed by atoms with Crippen LogP contribution in [-0.2, 0) is 16.6 Å². The van der Waals surface area contributed by atoms with Crippen molar-refractivity contribution in [2.24, 2.45) is 7.05 Å². The summed E-state index contributed by atoms with van der Waals surface area (Å²) in [5.41, 5.74) is 2.88. The van der Waals surface area contributed by atoms with Crippen molar-refractivity contribution in [2.75, 3.05) is 11.9 Å². The van der Waals surface area contributed by atoms with E-state index in [0.717, 1.165) is 5.56 Å². The van der Waals surface area contributed by atoms with Gasteiger partial charge in [-0.1, -0.05) is 5.16 Å². The Kier molecular flexibility index (Phi) is 5.24. The molecule has 0 saturated heterocycles. The number of aryl methyl sites for hydroxylation is 2. The summed E-state index contributed by atoms with van der Waals surface area (Å²) in [7, 11) is 1.79. The first-order valence-corrected chi connectivity index (χ1v) is 9.65. The van der Waals surface area contributed by atoms with Gasteiger partial charge in [0, 0.05) is 25.0 Å². The third kappa shape index (κ3) is 3.89. The highest BCUT2D eigenvalue weighted by Crippen LogP contribution is 2.27. The first-order chi connectivity index (χ1) is 14.9. The number of aromatic nitrogens is 6. The molecule has 0 fully saturated rings. The Hall–Kier alpha value is -4.02. The lowest BCUT2D eigenvalue weighted by atomic mass is 10.1. The first kappa shape index (κ1) is 20.3. The lowest BCUT2D eigenvalue weighted by Gasteiger charge is -2.10. The van der Waals surface area contributed by atoms with Gasteiger partial charge in [0.25, 0.3) is 11.6 Å². The molecule has 4 heterocycles. The summed E-state index contributed by atoms with van der Waals surface area (Å²) < 4.78 is 13.4. The van der Waals surface area contributed by atoms with E-state index in [1.807, 2.05) is 0 Å². The van der Waals surface area contributed by atoms with Gasteiger partial charge in [-0.15, -0.1) is 0 Å². The van der Waals surface area contributed by atoms with Crippen LogP contribution in [0.25, 0.3) is 22.4 Å². The topological polar surface area (TPSA) is 130 Å². The fourth-order valence-corrected chi connectivity index (χ4v) is 3.16. The molecule has 31 heavy (non-hydrogen) atoms. The van der Waals surface area contributed by atoms with Crippen LogP contribution in [0.1, 0.15) is 35.9 Å². The molecule has 4 aromatic rings. The number of carbonyl (C=O) groups excluding carboxylic acids is 2. The molecule has 0 aliphatic heterocycles. The smallest absolute Gasteiger partial charge is 0.330 e. The second-order valence-electron chi connectivity index (χ2n) is 7.00. The van der Waals surface area contributed by atoms with Crippen LogP contribution in [0.4, 0.5) is 5.69 Å². The Morgan fingerprint density at radius 2 is 2.06 bits per heavy atom. The van der Waals surface area contributed by atoms with Gasteiger partial charge in [-0.3, -0.25) is 14.2 Å². The van der Waals surface area contributed by atoms with E-state index in [4.69, 9.17) is 9.26 Å². The van der Waals surface area contributed by atoms with Crippen LogP contribution in [-0.4, -0.2) is 48.2 Å². The van der Waals surface area contributed by atoms with Crippen LogP contribution in [0.3, 0.4) is 0 Å². The Labute approximate surface area is 177 Å². The number of fused-ring (bicyclic) bond motifs is 1.